The standard InChI is InChI=1S/C44H51F7O6/c1-3-52-37-25-19-33(39(45)41(37)47)17-11-31-13-21-35(22-14-31)54-27-7-5-9-29-56-43(44(49,50)51)57-30-10-6-8-28-55-36-23-15-32(16-24-36)12-18-34-20-26-38(53-4-2)42(48)40(34)46/h13-16,19-26,43H,3-12,17-18,27-30H2,1-2H3. The number of rotatable bonds is 26. The van der Waals surface area contributed by atoms with Gasteiger partial charge in [-0.05, 0) is 137 Å². The Morgan fingerprint density at radius 3 is 1.19 bits per heavy atom. The zero-order chi connectivity index (χ0) is 41.0. The van der Waals surface area contributed by atoms with Crippen LogP contribution in [0.25, 0.3) is 0 Å². The normalized spacial score (nSPS) is 11.6. The number of hydrogen-bond acceptors (Lipinski definition) is 6. The first kappa shape index (κ1) is 45.2. The van der Waals surface area contributed by atoms with Crippen molar-refractivity contribution in [3.63, 3.8) is 0 Å². The molecular weight excluding hydrogens is 757 g/mol. The zero-order valence-corrected chi connectivity index (χ0v) is 32.4. The van der Waals surface area contributed by atoms with E-state index in [9.17, 15) is 30.7 Å². The Hall–Kier alpha value is -4.49. The summed E-state index contributed by atoms with van der Waals surface area (Å²) in [6.07, 6.45) is -2.06. The minimum Gasteiger partial charge on any atom is -0.494 e. The molecule has 0 aliphatic heterocycles. The van der Waals surface area contributed by atoms with Crippen LogP contribution in [0.2, 0.25) is 0 Å². The van der Waals surface area contributed by atoms with Crippen LogP contribution in [0.1, 0.15) is 74.6 Å². The summed E-state index contributed by atoms with van der Waals surface area (Å²) >= 11 is 0. The van der Waals surface area contributed by atoms with Gasteiger partial charge in [0.1, 0.15) is 11.5 Å². The highest BCUT2D eigenvalue weighted by molar-refractivity contribution is 5.34. The smallest absolute Gasteiger partial charge is 0.440 e. The van der Waals surface area contributed by atoms with Gasteiger partial charge in [0.05, 0.1) is 39.6 Å². The third-order valence-electron chi connectivity index (χ3n) is 8.99. The van der Waals surface area contributed by atoms with Gasteiger partial charge < -0.3 is 28.4 Å². The van der Waals surface area contributed by atoms with E-state index in [1.165, 1.54) is 24.3 Å². The minimum atomic E-state index is -4.65. The van der Waals surface area contributed by atoms with E-state index in [-0.39, 0.29) is 49.1 Å². The van der Waals surface area contributed by atoms with Crippen molar-refractivity contribution in [2.75, 3.05) is 39.6 Å². The van der Waals surface area contributed by atoms with Gasteiger partial charge in [-0.25, -0.2) is 8.78 Å². The van der Waals surface area contributed by atoms with E-state index in [1.807, 2.05) is 24.3 Å². The molecule has 0 heterocycles. The fraction of sp³-hybridized carbons (Fsp3) is 0.455. The Bertz CT molecular complexity index is 1640. The van der Waals surface area contributed by atoms with E-state index in [1.54, 1.807) is 38.1 Å². The summed E-state index contributed by atoms with van der Waals surface area (Å²) in [6.45, 7) is 4.41. The van der Waals surface area contributed by atoms with Gasteiger partial charge in [0.15, 0.2) is 23.1 Å². The van der Waals surface area contributed by atoms with E-state index >= 15 is 0 Å². The van der Waals surface area contributed by atoms with Crippen molar-refractivity contribution in [2.24, 2.45) is 0 Å². The van der Waals surface area contributed by atoms with E-state index in [0.29, 0.717) is 88.9 Å². The molecule has 4 aromatic rings. The molecule has 0 saturated heterocycles. The quantitative estimate of drug-likeness (QED) is 0.0358. The molecule has 0 unspecified atom stereocenters. The largest absolute Gasteiger partial charge is 0.494 e. The number of ether oxygens (including phenoxy) is 6. The topological polar surface area (TPSA) is 55.4 Å². The summed E-state index contributed by atoms with van der Waals surface area (Å²) in [7, 11) is 0. The highest BCUT2D eigenvalue weighted by Crippen LogP contribution is 2.27. The molecule has 0 aliphatic rings. The van der Waals surface area contributed by atoms with Crippen LogP contribution in [0.4, 0.5) is 30.7 Å². The van der Waals surface area contributed by atoms with Crippen molar-refractivity contribution in [1.29, 1.82) is 0 Å². The summed E-state index contributed by atoms with van der Waals surface area (Å²) < 4.78 is 129. The maximum Gasteiger partial charge on any atom is 0.440 e. The second-order valence-electron chi connectivity index (χ2n) is 13.3. The molecular formula is C44H51F7O6. The number of halogens is 7. The monoisotopic (exact) mass is 808 g/mol. The first-order valence-corrected chi connectivity index (χ1v) is 19.4. The lowest BCUT2D eigenvalue weighted by Crippen LogP contribution is -2.35. The zero-order valence-electron chi connectivity index (χ0n) is 32.4. The molecule has 0 amide bonds. The maximum absolute atomic E-state index is 14.4. The lowest BCUT2D eigenvalue weighted by atomic mass is 10.0. The van der Waals surface area contributed by atoms with Gasteiger partial charge >= 0.3 is 6.18 Å². The number of alkyl halides is 3. The van der Waals surface area contributed by atoms with E-state index in [4.69, 9.17) is 28.4 Å². The average molecular weight is 809 g/mol. The average Bonchev–Trinajstić information content (AvgIpc) is 3.20. The number of aryl methyl sites for hydroxylation is 4. The molecule has 0 N–H and O–H groups in total. The van der Waals surface area contributed by atoms with E-state index in [2.05, 4.69) is 0 Å². The molecule has 0 fully saturated rings. The second-order valence-corrected chi connectivity index (χ2v) is 13.3. The molecule has 0 atom stereocenters. The van der Waals surface area contributed by atoms with Crippen LogP contribution in [-0.4, -0.2) is 52.1 Å². The van der Waals surface area contributed by atoms with Crippen molar-refractivity contribution in [1.82, 2.24) is 0 Å². The lowest BCUT2D eigenvalue weighted by Gasteiger charge is -2.21. The van der Waals surface area contributed by atoms with Gasteiger partial charge in [0.25, 0.3) is 6.29 Å². The molecule has 4 rings (SSSR count). The third-order valence-corrected chi connectivity index (χ3v) is 8.99. The van der Waals surface area contributed by atoms with Crippen LogP contribution in [0.5, 0.6) is 23.0 Å². The minimum absolute atomic E-state index is 0.104. The first-order chi connectivity index (χ1) is 27.5. The fourth-order valence-electron chi connectivity index (χ4n) is 5.89. The molecule has 0 spiro atoms. The van der Waals surface area contributed by atoms with Crippen LogP contribution >= 0.6 is 0 Å². The Balaban J connectivity index is 1.02. The van der Waals surface area contributed by atoms with Crippen molar-refractivity contribution in [2.45, 2.75) is 90.5 Å². The van der Waals surface area contributed by atoms with Gasteiger partial charge in [-0.15, -0.1) is 0 Å². The summed E-state index contributed by atoms with van der Waals surface area (Å²) in [5, 5.41) is 0. The maximum atomic E-state index is 14.4. The molecule has 0 aliphatic carbocycles. The van der Waals surface area contributed by atoms with Gasteiger partial charge in [-0.3, -0.25) is 0 Å². The van der Waals surface area contributed by atoms with Crippen molar-refractivity contribution in [3.05, 3.63) is 118 Å². The molecule has 312 valence electrons. The van der Waals surface area contributed by atoms with E-state index in [0.717, 1.165) is 11.1 Å². The summed E-state index contributed by atoms with van der Waals surface area (Å²) in [4.78, 5) is 0. The lowest BCUT2D eigenvalue weighted by molar-refractivity contribution is -0.310. The molecule has 13 heteroatoms. The molecule has 0 radical (unpaired) electrons. The van der Waals surface area contributed by atoms with Gasteiger partial charge in [0, 0.05) is 0 Å². The van der Waals surface area contributed by atoms with Crippen molar-refractivity contribution < 1.29 is 59.2 Å². The van der Waals surface area contributed by atoms with Crippen LogP contribution in [0, 0.1) is 23.3 Å². The molecule has 0 aromatic heterocycles. The first-order valence-electron chi connectivity index (χ1n) is 19.4. The van der Waals surface area contributed by atoms with Gasteiger partial charge in [0.2, 0.25) is 11.6 Å². The SMILES string of the molecule is CCOc1ccc(CCc2ccc(OCCCCCOC(OCCCCCOc3ccc(CCc4ccc(OCC)c(F)c4F)cc3)C(F)(F)F)cc2)c(F)c1F. The Labute approximate surface area is 330 Å². The van der Waals surface area contributed by atoms with Gasteiger partial charge in [-0.1, -0.05) is 36.4 Å². The molecule has 4 aromatic carbocycles. The summed E-state index contributed by atoms with van der Waals surface area (Å²) in [5.41, 5.74) is 2.39. The number of hydrogen-bond donors (Lipinski definition) is 0. The van der Waals surface area contributed by atoms with Crippen LogP contribution in [-0.2, 0) is 35.2 Å². The second kappa shape index (κ2) is 23.7. The Morgan fingerprint density at radius 1 is 0.439 bits per heavy atom. The number of unbranched alkanes of at least 4 members (excludes halogenated alkanes) is 4. The number of benzene rings is 4. The predicted molar refractivity (Wildman–Crippen MR) is 203 cm³/mol. The van der Waals surface area contributed by atoms with Crippen LogP contribution in [0.3, 0.4) is 0 Å². The van der Waals surface area contributed by atoms with Gasteiger partial charge in [-0.2, -0.15) is 22.0 Å². The molecule has 6 nitrogen and oxygen atoms in total. The van der Waals surface area contributed by atoms with Crippen LogP contribution in [0.15, 0.2) is 72.8 Å². The summed E-state index contributed by atoms with van der Waals surface area (Å²) in [5.74, 6) is -2.72. The Kier molecular flexibility index (Phi) is 18.8. The molecule has 57 heavy (non-hydrogen) atoms. The summed E-state index contributed by atoms with van der Waals surface area (Å²) in [6, 6.07) is 20.5. The highest BCUT2D eigenvalue weighted by Gasteiger charge is 2.41. The van der Waals surface area contributed by atoms with Crippen molar-refractivity contribution >= 4 is 0 Å². The van der Waals surface area contributed by atoms with Crippen molar-refractivity contribution in [3.8, 4) is 23.0 Å². The Morgan fingerprint density at radius 2 is 0.825 bits per heavy atom. The fourth-order valence-corrected chi connectivity index (χ4v) is 5.89. The van der Waals surface area contributed by atoms with Crippen LogP contribution < -0.4 is 18.9 Å². The highest BCUT2D eigenvalue weighted by atomic mass is 19.4. The predicted octanol–water partition coefficient (Wildman–Crippen LogP) is 11.3. The molecule has 0 saturated carbocycles. The molecule has 0 bridgehead atoms. The van der Waals surface area contributed by atoms with E-state index < -0.39 is 35.7 Å². The third kappa shape index (κ3) is 15.1.